The molecular formula is C20H23F3N2O3S. The number of ether oxygens (including phenoxy) is 1. The van der Waals surface area contributed by atoms with Gasteiger partial charge >= 0.3 is 6.18 Å². The number of hydrogen-bond acceptors (Lipinski definition) is 4. The maximum atomic E-state index is 12.8. The van der Waals surface area contributed by atoms with E-state index in [1.54, 1.807) is 0 Å². The molecule has 158 valence electrons. The molecule has 0 bridgehead atoms. The Balaban J connectivity index is 1.84. The number of halogens is 3. The van der Waals surface area contributed by atoms with Gasteiger partial charge in [-0.25, -0.2) is 13.1 Å². The van der Waals surface area contributed by atoms with Crippen molar-refractivity contribution in [1.29, 1.82) is 0 Å². The van der Waals surface area contributed by atoms with Gasteiger partial charge in [-0.3, -0.25) is 4.90 Å². The summed E-state index contributed by atoms with van der Waals surface area (Å²) in [7, 11) is -4.01. The first-order chi connectivity index (χ1) is 13.6. The van der Waals surface area contributed by atoms with Crippen LogP contribution in [0.4, 0.5) is 13.2 Å². The summed E-state index contributed by atoms with van der Waals surface area (Å²) in [6.45, 7) is 4.90. The van der Waals surface area contributed by atoms with Crippen molar-refractivity contribution < 1.29 is 26.3 Å². The maximum absolute atomic E-state index is 12.8. The van der Waals surface area contributed by atoms with Gasteiger partial charge in [-0.15, -0.1) is 0 Å². The second-order valence-corrected chi connectivity index (χ2v) is 8.73. The van der Waals surface area contributed by atoms with Crippen LogP contribution in [0.15, 0.2) is 53.4 Å². The Bertz CT molecular complexity index is 907. The van der Waals surface area contributed by atoms with E-state index in [0.717, 1.165) is 35.4 Å². The number of benzene rings is 2. The number of rotatable bonds is 6. The molecule has 3 rings (SSSR count). The molecule has 1 fully saturated rings. The zero-order valence-corrected chi connectivity index (χ0v) is 16.8. The summed E-state index contributed by atoms with van der Waals surface area (Å²) in [5, 5.41) is 0. The number of alkyl halides is 3. The fourth-order valence-corrected chi connectivity index (χ4v) is 4.35. The van der Waals surface area contributed by atoms with Crippen LogP contribution >= 0.6 is 0 Å². The SMILES string of the molecule is Cc1ccc([C@H](CN2CCOCC2)NS(=O)(=O)c2ccc(C(F)(F)F)cc2)cc1. The second kappa shape index (κ2) is 8.83. The van der Waals surface area contributed by atoms with Crippen LogP contribution in [0.5, 0.6) is 0 Å². The molecule has 0 saturated carbocycles. The van der Waals surface area contributed by atoms with Crippen LogP contribution < -0.4 is 4.72 Å². The standard InChI is InChI=1S/C20H23F3N2O3S/c1-15-2-4-16(5-3-15)19(14-25-10-12-28-13-11-25)24-29(26,27)18-8-6-17(7-9-18)20(21,22)23/h2-9,19,24H,10-14H2,1H3/t19-/m0/s1. The van der Waals surface area contributed by atoms with E-state index in [2.05, 4.69) is 9.62 Å². The minimum absolute atomic E-state index is 0.204. The minimum atomic E-state index is -4.52. The van der Waals surface area contributed by atoms with Crippen LogP contribution in [0.3, 0.4) is 0 Å². The first kappa shape index (κ1) is 21.8. The summed E-state index contributed by atoms with van der Waals surface area (Å²) < 4.78 is 72.0. The summed E-state index contributed by atoms with van der Waals surface area (Å²) in [6, 6.07) is 10.5. The van der Waals surface area contributed by atoms with Crippen LogP contribution in [0.2, 0.25) is 0 Å². The molecule has 2 aromatic carbocycles. The molecule has 1 saturated heterocycles. The Morgan fingerprint density at radius 2 is 1.62 bits per heavy atom. The third kappa shape index (κ3) is 5.79. The Hall–Kier alpha value is -1.94. The van der Waals surface area contributed by atoms with Crippen molar-refractivity contribution in [3.63, 3.8) is 0 Å². The average molecular weight is 428 g/mol. The fraction of sp³-hybridized carbons (Fsp3) is 0.400. The normalized spacial score (nSPS) is 17.2. The van der Waals surface area contributed by atoms with Gasteiger partial charge in [0.2, 0.25) is 10.0 Å². The molecule has 2 aromatic rings. The molecular weight excluding hydrogens is 405 g/mol. The summed E-state index contributed by atoms with van der Waals surface area (Å²) in [4.78, 5) is 1.90. The molecule has 9 heteroatoms. The number of hydrogen-bond donors (Lipinski definition) is 1. The van der Waals surface area contributed by atoms with Gasteiger partial charge in [-0.05, 0) is 36.8 Å². The van der Waals surface area contributed by atoms with Crippen LogP contribution in [0.25, 0.3) is 0 Å². The van der Waals surface area contributed by atoms with Gasteiger partial charge in [-0.2, -0.15) is 13.2 Å². The Morgan fingerprint density at radius 1 is 1.03 bits per heavy atom. The molecule has 0 aliphatic carbocycles. The highest BCUT2D eigenvalue weighted by molar-refractivity contribution is 7.89. The van der Waals surface area contributed by atoms with Gasteiger partial charge in [-0.1, -0.05) is 29.8 Å². The van der Waals surface area contributed by atoms with Crippen molar-refractivity contribution in [2.45, 2.75) is 24.0 Å². The lowest BCUT2D eigenvalue weighted by Gasteiger charge is -2.31. The molecule has 1 aliphatic rings. The largest absolute Gasteiger partial charge is 0.416 e. The highest BCUT2D eigenvalue weighted by Gasteiger charge is 2.31. The van der Waals surface area contributed by atoms with Gasteiger partial charge in [0.15, 0.2) is 0 Å². The number of nitrogens with zero attached hydrogens (tertiary/aromatic N) is 1. The molecule has 1 heterocycles. The van der Waals surface area contributed by atoms with Crippen molar-refractivity contribution in [3.8, 4) is 0 Å². The smallest absolute Gasteiger partial charge is 0.379 e. The zero-order chi connectivity index (χ0) is 21.1. The molecule has 0 unspecified atom stereocenters. The molecule has 29 heavy (non-hydrogen) atoms. The zero-order valence-electron chi connectivity index (χ0n) is 15.9. The average Bonchev–Trinajstić information content (AvgIpc) is 2.68. The van der Waals surface area contributed by atoms with E-state index >= 15 is 0 Å². The summed E-state index contributed by atoms with van der Waals surface area (Å²) in [5.74, 6) is 0. The molecule has 0 radical (unpaired) electrons. The first-order valence-electron chi connectivity index (χ1n) is 9.21. The first-order valence-corrected chi connectivity index (χ1v) is 10.7. The van der Waals surface area contributed by atoms with Gasteiger partial charge in [0.05, 0.1) is 29.7 Å². The lowest BCUT2D eigenvalue weighted by atomic mass is 10.1. The topological polar surface area (TPSA) is 58.6 Å². The van der Waals surface area contributed by atoms with Crippen molar-refractivity contribution >= 4 is 10.0 Å². The monoisotopic (exact) mass is 428 g/mol. The summed E-state index contributed by atoms with van der Waals surface area (Å²) in [6.07, 6.45) is -4.52. The van der Waals surface area contributed by atoms with Gasteiger partial charge in [0, 0.05) is 19.6 Å². The summed E-state index contributed by atoms with van der Waals surface area (Å²) >= 11 is 0. The highest BCUT2D eigenvalue weighted by atomic mass is 32.2. The van der Waals surface area contributed by atoms with Crippen LogP contribution in [-0.2, 0) is 20.9 Å². The number of sulfonamides is 1. The highest BCUT2D eigenvalue weighted by Crippen LogP contribution is 2.30. The molecule has 0 amide bonds. The van der Waals surface area contributed by atoms with E-state index < -0.39 is 27.8 Å². The Labute approximate surface area is 168 Å². The predicted octanol–water partition coefficient (Wildman–Crippen LogP) is 3.37. The number of nitrogens with one attached hydrogen (secondary N) is 1. The van der Waals surface area contributed by atoms with Crippen LogP contribution in [-0.4, -0.2) is 46.2 Å². The molecule has 0 spiro atoms. The van der Waals surface area contributed by atoms with Gasteiger partial charge in [0.25, 0.3) is 0 Å². The van der Waals surface area contributed by atoms with Crippen molar-refractivity contribution in [2.75, 3.05) is 32.8 Å². The molecule has 0 aromatic heterocycles. The lowest BCUT2D eigenvalue weighted by molar-refractivity contribution is -0.137. The Kier molecular flexibility index (Phi) is 6.62. The van der Waals surface area contributed by atoms with E-state index in [1.807, 2.05) is 31.2 Å². The maximum Gasteiger partial charge on any atom is 0.416 e. The van der Waals surface area contributed by atoms with Crippen molar-refractivity contribution in [3.05, 3.63) is 65.2 Å². The quantitative estimate of drug-likeness (QED) is 0.767. The van der Waals surface area contributed by atoms with E-state index in [0.29, 0.717) is 32.8 Å². The predicted molar refractivity (Wildman–Crippen MR) is 103 cm³/mol. The molecule has 5 nitrogen and oxygen atoms in total. The minimum Gasteiger partial charge on any atom is -0.379 e. The fourth-order valence-electron chi connectivity index (χ4n) is 3.13. The van der Waals surface area contributed by atoms with E-state index in [-0.39, 0.29) is 4.90 Å². The third-order valence-corrected chi connectivity index (χ3v) is 6.30. The summed E-state index contributed by atoms with van der Waals surface area (Å²) in [5.41, 5.74) is 0.946. The molecule has 1 aliphatic heterocycles. The number of morpholine rings is 1. The van der Waals surface area contributed by atoms with Crippen molar-refractivity contribution in [2.24, 2.45) is 0 Å². The molecule has 1 atom stereocenters. The second-order valence-electron chi connectivity index (χ2n) is 7.02. The lowest BCUT2D eigenvalue weighted by Crippen LogP contribution is -2.43. The number of aryl methyl sites for hydroxylation is 1. The van der Waals surface area contributed by atoms with Gasteiger partial charge in [0.1, 0.15) is 0 Å². The van der Waals surface area contributed by atoms with Crippen LogP contribution in [0, 0.1) is 6.92 Å². The Morgan fingerprint density at radius 3 is 2.17 bits per heavy atom. The van der Waals surface area contributed by atoms with Gasteiger partial charge < -0.3 is 4.74 Å². The van der Waals surface area contributed by atoms with E-state index in [4.69, 9.17) is 4.74 Å². The van der Waals surface area contributed by atoms with E-state index in [9.17, 15) is 21.6 Å². The third-order valence-electron chi connectivity index (χ3n) is 4.81. The van der Waals surface area contributed by atoms with Crippen molar-refractivity contribution in [1.82, 2.24) is 9.62 Å². The van der Waals surface area contributed by atoms with Crippen LogP contribution in [0.1, 0.15) is 22.7 Å². The van der Waals surface area contributed by atoms with E-state index in [1.165, 1.54) is 0 Å². The molecule has 1 N–H and O–H groups in total.